The van der Waals surface area contributed by atoms with Gasteiger partial charge in [-0.15, -0.1) is 0 Å². The summed E-state index contributed by atoms with van der Waals surface area (Å²) in [5.41, 5.74) is 2.59. The van der Waals surface area contributed by atoms with Gasteiger partial charge in [-0.2, -0.15) is 0 Å². The van der Waals surface area contributed by atoms with Gasteiger partial charge >= 0.3 is 0 Å². The Morgan fingerprint density at radius 3 is 2.60 bits per heavy atom. The number of carbonyl (C=O) groups is 1. The molecule has 82 valence electrons. The number of nitrogens with zero attached hydrogens (tertiary/aromatic N) is 1. The molecule has 1 aromatic heterocycles. The minimum atomic E-state index is -0.396. The summed E-state index contributed by atoms with van der Waals surface area (Å²) in [5, 5.41) is 8.44. The van der Waals surface area contributed by atoms with Crippen LogP contribution in [-0.2, 0) is 4.84 Å². The summed E-state index contributed by atoms with van der Waals surface area (Å²) in [7, 11) is 0. The Morgan fingerprint density at radius 2 is 2.07 bits per heavy atom. The average Bonchev–Trinajstić information content (AvgIpc) is 2.16. The number of aliphatic hydroxyl groups excluding tert-OH is 1. The topological polar surface area (TPSA) is 71.5 Å². The first-order valence-electron chi connectivity index (χ1n) is 3.99. The first-order valence-corrected chi connectivity index (χ1v) is 5.58. The smallest absolute Gasteiger partial charge is 0.275 e. The maximum absolute atomic E-state index is 11.4. The molecule has 0 saturated heterocycles. The molecule has 0 spiro atoms. The van der Waals surface area contributed by atoms with Gasteiger partial charge in [0.05, 0.1) is 13.2 Å². The molecule has 0 bridgehead atoms. The SMILES string of the molecule is O=C(NOCCO)c1cc(Br)nc(Br)c1. The third-order valence-corrected chi connectivity index (χ3v) is 2.20. The minimum absolute atomic E-state index is 0.0547. The summed E-state index contributed by atoms with van der Waals surface area (Å²) >= 11 is 6.32. The van der Waals surface area contributed by atoms with Gasteiger partial charge in [-0.25, -0.2) is 10.5 Å². The maximum atomic E-state index is 11.4. The zero-order valence-corrected chi connectivity index (χ0v) is 10.7. The molecule has 15 heavy (non-hydrogen) atoms. The monoisotopic (exact) mass is 338 g/mol. The number of hydrogen-bond donors (Lipinski definition) is 2. The molecule has 0 aliphatic rings. The van der Waals surface area contributed by atoms with Crippen LogP contribution in [0, 0.1) is 0 Å². The van der Waals surface area contributed by atoms with Crippen LogP contribution in [0.1, 0.15) is 10.4 Å². The largest absolute Gasteiger partial charge is 0.394 e. The van der Waals surface area contributed by atoms with E-state index in [1.807, 2.05) is 0 Å². The van der Waals surface area contributed by atoms with E-state index < -0.39 is 5.91 Å². The molecule has 0 radical (unpaired) electrons. The Bertz CT molecular complexity index is 339. The predicted octanol–water partition coefficient (Wildman–Crippen LogP) is 1.26. The van der Waals surface area contributed by atoms with Crippen LogP contribution in [0.25, 0.3) is 0 Å². The fourth-order valence-electron chi connectivity index (χ4n) is 0.817. The van der Waals surface area contributed by atoms with E-state index in [9.17, 15) is 4.79 Å². The molecule has 1 rings (SSSR count). The highest BCUT2D eigenvalue weighted by Gasteiger charge is 2.07. The standard InChI is InChI=1S/C8H8Br2N2O3/c9-6-3-5(4-7(10)11-6)8(14)12-15-2-1-13/h3-4,13H,1-2H2,(H,12,14). The molecule has 0 aliphatic heterocycles. The van der Waals surface area contributed by atoms with Crippen LogP contribution in [-0.4, -0.2) is 29.2 Å². The van der Waals surface area contributed by atoms with Crippen molar-refractivity contribution < 1.29 is 14.7 Å². The lowest BCUT2D eigenvalue weighted by atomic mass is 10.3. The third-order valence-electron chi connectivity index (χ3n) is 1.38. The molecule has 0 atom stereocenters. The molecule has 0 saturated carbocycles. The highest BCUT2D eigenvalue weighted by molar-refractivity contribution is 9.11. The van der Waals surface area contributed by atoms with E-state index in [1.165, 1.54) is 0 Å². The lowest BCUT2D eigenvalue weighted by Crippen LogP contribution is -2.25. The molecular weight excluding hydrogens is 332 g/mol. The van der Waals surface area contributed by atoms with Crippen molar-refractivity contribution in [3.63, 3.8) is 0 Å². The lowest BCUT2D eigenvalue weighted by molar-refractivity contribution is 0.0168. The van der Waals surface area contributed by atoms with Crippen LogP contribution in [0.15, 0.2) is 21.3 Å². The van der Waals surface area contributed by atoms with Gasteiger partial charge in [0.2, 0.25) is 0 Å². The third kappa shape index (κ3) is 4.25. The molecule has 5 nitrogen and oxygen atoms in total. The van der Waals surface area contributed by atoms with E-state index in [2.05, 4.69) is 47.2 Å². The lowest BCUT2D eigenvalue weighted by Gasteiger charge is -2.04. The van der Waals surface area contributed by atoms with E-state index in [0.29, 0.717) is 14.8 Å². The van der Waals surface area contributed by atoms with E-state index in [4.69, 9.17) is 5.11 Å². The van der Waals surface area contributed by atoms with Crippen molar-refractivity contribution in [3.8, 4) is 0 Å². The number of nitrogens with one attached hydrogen (secondary N) is 1. The van der Waals surface area contributed by atoms with Gasteiger partial charge < -0.3 is 5.11 Å². The molecule has 0 aliphatic carbocycles. The Balaban J connectivity index is 2.65. The van der Waals surface area contributed by atoms with Crippen LogP contribution >= 0.6 is 31.9 Å². The Morgan fingerprint density at radius 1 is 1.47 bits per heavy atom. The Hall–Kier alpha value is -0.500. The van der Waals surface area contributed by atoms with Crippen molar-refractivity contribution in [2.45, 2.75) is 0 Å². The van der Waals surface area contributed by atoms with Gasteiger partial charge in [-0.05, 0) is 44.0 Å². The van der Waals surface area contributed by atoms with Gasteiger partial charge in [0, 0.05) is 5.56 Å². The van der Waals surface area contributed by atoms with Crippen LogP contribution < -0.4 is 5.48 Å². The molecule has 1 aromatic rings. The predicted molar refractivity (Wildman–Crippen MR) is 60.1 cm³/mol. The first kappa shape index (κ1) is 12.6. The van der Waals surface area contributed by atoms with E-state index >= 15 is 0 Å². The summed E-state index contributed by atoms with van der Waals surface area (Å²) < 4.78 is 1.09. The van der Waals surface area contributed by atoms with E-state index in [0.717, 1.165) is 0 Å². The molecule has 1 heterocycles. The number of halogens is 2. The normalized spacial score (nSPS) is 10.1. The molecule has 7 heteroatoms. The second kappa shape index (κ2) is 6.16. The number of aromatic nitrogens is 1. The second-order valence-corrected chi connectivity index (χ2v) is 4.13. The fourth-order valence-corrected chi connectivity index (χ4v) is 1.93. The zero-order valence-electron chi connectivity index (χ0n) is 7.54. The summed E-state index contributed by atoms with van der Waals surface area (Å²) in [6, 6.07) is 3.12. The van der Waals surface area contributed by atoms with Crippen molar-refractivity contribution >= 4 is 37.8 Å². The number of pyridine rings is 1. The van der Waals surface area contributed by atoms with Crippen LogP contribution in [0.2, 0.25) is 0 Å². The molecule has 1 amide bonds. The van der Waals surface area contributed by atoms with Gasteiger partial charge in [0.25, 0.3) is 5.91 Å². The Labute approximate surface area is 103 Å². The number of aliphatic hydroxyl groups is 1. The number of carbonyl (C=O) groups excluding carboxylic acids is 1. The van der Waals surface area contributed by atoms with Crippen LogP contribution in [0.4, 0.5) is 0 Å². The van der Waals surface area contributed by atoms with E-state index in [-0.39, 0.29) is 13.2 Å². The van der Waals surface area contributed by atoms with Crippen molar-refractivity contribution in [3.05, 3.63) is 26.9 Å². The minimum Gasteiger partial charge on any atom is -0.394 e. The molecular formula is C8H8Br2N2O3. The highest BCUT2D eigenvalue weighted by Crippen LogP contribution is 2.15. The molecule has 2 N–H and O–H groups in total. The summed E-state index contributed by atoms with van der Waals surface area (Å²) in [4.78, 5) is 20.1. The van der Waals surface area contributed by atoms with Crippen molar-refractivity contribution in [1.82, 2.24) is 10.5 Å². The number of amides is 1. The van der Waals surface area contributed by atoms with Gasteiger partial charge in [-0.1, -0.05) is 0 Å². The number of hydroxylamine groups is 1. The van der Waals surface area contributed by atoms with Gasteiger partial charge in [-0.3, -0.25) is 9.63 Å². The number of hydrogen-bond acceptors (Lipinski definition) is 4. The highest BCUT2D eigenvalue weighted by atomic mass is 79.9. The first-order chi connectivity index (χ1) is 7.13. The van der Waals surface area contributed by atoms with Crippen molar-refractivity contribution in [2.24, 2.45) is 0 Å². The summed E-state index contributed by atoms with van der Waals surface area (Å²) in [6.45, 7) is -0.0941. The average molecular weight is 340 g/mol. The summed E-state index contributed by atoms with van der Waals surface area (Å²) in [5.74, 6) is -0.396. The van der Waals surface area contributed by atoms with Crippen LogP contribution in [0.3, 0.4) is 0 Å². The Kier molecular flexibility index (Phi) is 5.16. The van der Waals surface area contributed by atoms with Gasteiger partial charge in [0.15, 0.2) is 0 Å². The van der Waals surface area contributed by atoms with E-state index in [1.54, 1.807) is 12.1 Å². The van der Waals surface area contributed by atoms with Gasteiger partial charge in [0.1, 0.15) is 9.21 Å². The van der Waals surface area contributed by atoms with Crippen LogP contribution in [0.5, 0.6) is 0 Å². The second-order valence-electron chi connectivity index (χ2n) is 2.50. The molecule has 0 unspecified atom stereocenters. The quantitative estimate of drug-likeness (QED) is 0.492. The van der Waals surface area contributed by atoms with Crippen molar-refractivity contribution in [1.29, 1.82) is 0 Å². The maximum Gasteiger partial charge on any atom is 0.275 e. The van der Waals surface area contributed by atoms with Crippen molar-refractivity contribution in [2.75, 3.05) is 13.2 Å². The zero-order chi connectivity index (χ0) is 11.3. The fraction of sp³-hybridized carbons (Fsp3) is 0.250. The summed E-state index contributed by atoms with van der Waals surface area (Å²) in [6.07, 6.45) is 0. The molecule has 0 fully saturated rings. The number of rotatable bonds is 4. The molecule has 0 aromatic carbocycles.